The number of imidazole rings is 2. The molecule has 2 bridgehead atoms. The largest absolute Gasteiger partial charge is 0.472 e. The zero-order chi connectivity index (χ0) is 32.8. The van der Waals surface area contributed by atoms with Crippen molar-refractivity contribution < 1.29 is 55.1 Å². The molecule has 46 heavy (non-hydrogen) atoms. The van der Waals surface area contributed by atoms with Crippen molar-refractivity contribution in [3.05, 3.63) is 35.3 Å². The standard InChI is InChI=1S/C21H22F3N9O10P2S/c22-10-13-8(40-18(10)32-5-28-11-7(25)1-2-27-15(11)32)3-38-44(35,36)43-14-19(33-6-29-12-16(33)30-20(26)31-17(12)34)41-9(21(14,23)24)4-39-45(37,46)42-13/h1-2,5-6,8-10,13-14,18-19H,3-4H2,(H2,25,27)(H,35,36)(H,37,46)(H3,26,30,31,34)/t8-,9-,10+,13-,14+,18-,19-,45?/m1/s1. The molecule has 4 aromatic rings. The number of rotatable bonds is 2. The van der Waals surface area contributed by atoms with Crippen LogP contribution < -0.4 is 17.0 Å². The Morgan fingerprint density at radius 2 is 1.74 bits per heavy atom. The summed E-state index contributed by atoms with van der Waals surface area (Å²) in [5, 5.41) is 0. The second kappa shape index (κ2) is 11.0. The van der Waals surface area contributed by atoms with Gasteiger partial charge in [-0.05, 0) is 17.9 Å². The summed E-state index contributed by atoms with van der Waals surface area (Å²) >= 11 is 5.00. The third kappa shape index (κ3) is 5.30. The average Bonchev–Trinajstić information content (AvgIpc) is 3.71. The summed E-state index contributed by atoms with van der Waals surface area (Å²) in [5.74, 6) is -4.53. The number of pyridine rings is 1. The van der Waals surface area contributed by atoms with Crippen LogP contribution in [0, 0.1) is 0 Å². The Balaban J connectivity index is 1.23. The maximum Gasteiger partial charge on any atom is 0.472 e. The van der Waals surface area contributed by atoms with E-state index in [-0.39, 0.29) is 28.0 Å². The van der Waals surface area contributed by atoms with Crippen molar-refractivity contribution in [2.75, 3.05) is 24.7 Å². The highest BCUT2D eigenvalue weighted by Gasteiger charge is 2.63. The van der Waals surface area contributed by atoms with E-state index in [1.807, 2.05) is 0 Å². The lowest BCUT2D eigenvalue weighted by atomic mass is 10.1. The lowest BCUT2D eigenvalue weighted by molar-refractivity contribution is -0.120. The number of anilines is 2. The number of nitrogens with one attached hydrogen (secondary N) is 1. The van der Waals surface area contributed by atoms with Gasteiger partial charge in [0.2, 0.25) is 5.95 Å². The number of nitrogens with two attached hydrogens (primary N) is 2. The van der Waals surface area contributed by atoms with E-state index in [4.69, 9.17) is 50.8 Å². The molecule has 3 saturated heterocycles. The second-order valence-corrected chi connectivity index (χ2v) is 14.5. The molecule has 9 atom stereocenters. The first kappa shape index (κ1) is 31.5. The Morgan fingerprint density at radius 1 is 1.02 bits per heavy atom. The maximum atomic E-state index is 16.0. The molecule has 0 aromatic carbocycles. The molecule has 0 saturated carbocycles. The van der Waals surface area contributed by atoms with Crippen molar-refractivity contribution in [1.82, 2.24) is 34.1 Å². The van der Waals surface area contributed by atoms with E-state index >= 15 is 13.2 Å². The Hall–Kier alpha value is -3.08. The topological polar surface area (TPSA) is 259 Å². The van der Waals surface area contributed by atoms with Crippen LogP contribution in [-0.4, -0.2) is 93.6 Å². The van der Waals surface area contributed by atoms with E-state index in [0.29, 0.717) is 0 Å². The van der Waals surface area contributed by atoms with Crippen LogP contribution in [0.2, 0.25) is 0 Å². The zero-order valence-corrected chi connectivity index (χ0v) is 25.3. The summed E-state index contributed by atoms with van der Waals surface area (Å²) in [6.45, 7) is -6.70. The first-order chi connectivity index (χ1) is 21.6. The smallest absolute Gasteiger partial charge is 0.397 e. The average molecular weight is 711 g/mol. The van der Waals surface area contributed by atoms with E-state index in [1.54, 1.807) is 0 Å². The Bertz CT molecular complexity index is 2000. The number of H-pyrrole nitrogens is 1. The highest BCUT2D eigenvalue weighted by atomic mass is 32.5. The van der Waals surface area contributed by atoms with Crippen molar-refractivity contribution in [1.29, 1.82) is 0 Å². The van der Waals surface area contributed by atoms with Gasteiger partial charge in [-0.1, -0.05) is 0 Å². The van der Waals surface area contributed by atoms with Crippen molar-refractivity contribution in [3.63, 3.8) is 0 Å². The van der Waals surface area contributed by atoms with Gasteiger partial charge in [-0.2, -0.15) is 4.98 Å². The number of fused-ring (bicyclic) bond motifs is 5. The number of ether oxygens (including phenoxy) is 2. The fourth-order valence-corrected chi connectivity index (χ4v) is 7.68. The number of aromatic amines is 1. The minimum Gasteiger partial charge on any atom is -0.397 e. The summed E-state index contributed by atoms with van der Waals surface area (Å²) in [4.78, 5) is 51.8. The fourth-order valence-electron chi connectivity index (χ4n) is 5.32. The minimum absolute atomic E-state index is 0.116. The molecule has 0 amide bonds. The Morgan fingerprint density at radius 3 is 2.50 bits per heavy atom. The number of phosphoric ester groups is 1. The third-order valence-electron chi connectivity index (χ3n) is 7.42. The zero-order valence-electron chi connectivity index (χ0n) is 22.7. The van der Waals surface area contributed by atoms with Crippen LogP contribution in [0.1, 0.15) is 12.5 Å². The van der Waals surface area contributed by atoms with Crippen LogP contribution in [0.5, 0.6) is 0 Å². The molecule has 2 unspecified atom stereocenters. The summed E-state index contributed by atoms with van der Waals surface area (Å²) in [5.41, 5.74) is 10.6. The molecule has 0 radical (unpaired) electrons. The number of alkyl halides is 3. The normalized spacial score (nSPS) is 36.7. The molecule has 3 aliphatic heterocycles. The molecular formula is C21H22F3N9O10P2S. The fraction of sp³-hybridized carbons (Fsp3) is 0.476. The van der Waals surface area contributed by atoms with Gasteiger partial charge in [0.1, 0.15) is 17.7 Å². The monoisotopic (exact) mass is 711 g/mol. The summed E-state index contributed by atoms with van der Waals surface area (Å²) in [6.07, 6.45) is -10.6. The van der Waals surface area contributed by atoms with Crippen molar-refractivity contribution >= 4 is 60.3 Å². The molecular weight excluding hydrogens is 689 g/mol. The predicted molar refractivity (Wildman–Crippen MR) is 150 cm³/mol. The van der Waals surface area contributed by atoms with Gasteiger partial charge in [0, 0.05) is 6.20 Å². The van der Waals surface area contributed by atoms with E-state index in [0.717, 1.165) is 10.9 Å². The van der Waals surface area contributed by atoms with E-state index < -0.39 is 88.2 Å². The summed E-state index contributed by atoms with van der Waals surface area (Å²) < 4.78 is 94.3. The highest BCUT2D eigenvalue weighted by molar-refractivity contribution is 8.07. The first-order valence-electron chi connectivity index (χ1n) is 13.1. The van der Waals surface area contributed by atoms with E-state index in [9.17, 15) is 19.1 Å². The molecule has 3 fully saturated rings. The number of aromatic nitrogens is 7. The van der Waals surface area contributed by atoms with Gasteiger partial charge in [-0.3, -0.25) is 32.5 Å². The van der Waals surface area contributed by atoms with E-state index in [1.165, 1.54) is 23.2 Å². The SMILES string of the molecule is Nc1nc2c(ncn2[C@@H]2O[C@@H]3COP(O)(=S)O[C@H]4[C@H](F)[C@H](n5cnc6c(N)ccnc65)O[C@@H]4COP(=O)(O)O[C@@H]2C3(F)F)c(=O)[nH]1. The van der Waals surface area contributed by atoms with Gasteiger partial charge in [-0.15, -0.1) is 0 Å². The van der Waals surface area contributed by atoms with Gasteiger partial charge in [0.05, 0.1) is 31.6 Å². The van der Waals surface area contributed by atoms with Crippen LogP contribution in [0.3, 0.4) is 0 Å². The molecule has 248 valence electrons. The molecule has 0 spiro atoms. The molecule has 7 N–H and O–H groups in total. The number of hydrogen-bond acceptors (Lipinski definition) is 15. The third-order valence-corrected chi connectivity index (χ3v) is 9.95. The lowest BCUT2D eigenvalue weighted by Gasteiger charge is -2.26. The molecule has 7 heterocycles. The number of hydrogen-bond donors (Lipinski definition) is 5. The van der Waals surface area contributed by atoms with Crippen LogP contribution in [0.4, 0.5) is 24.8 Å². The number of nitrogen functional groups attached to an aromatic ring is 2. The molecule has 3 aliphatic rings. The van der Waals surface area contributed by atoms with Gasteiger partial charge in [-0.25, -0.2) is 32.7 Å². The molecule has 25 heteroatoms. The minimum atomic E-state index is -5.46. The maximum absolute atomic E-state index is 16.0. The van der Waals surface area contributed by atoms with Gasteiger partial charge in [0.15, 0.2) is 47.6 Å². The van der Waals surface area contributed by atoms with E-state index in [2.05, 4.69) is 24.9 Å². The van der Waals surface area contributed by atoms with Crippen LogP contribution in [-0.2, 0) is 43.9 Å². The predicted octanol–water partition coefficient (Wildman–Crippen LogP) is 0.631. The van der Waals surface area contributed by atoms with Crippen LogP contribution in [0.25, 0.3) is 22.3 Å². The van der Waals surface area contributed by atoms with Gasteiger partial charge in [0.25, 0.3) is 5.56 Å². The van der Waals surface area contributed by atoms with Crippen molar-refractivity contribution in [2.45, 2.75) is 49.0 Å². The second-order valence-electron chi connectivity index (χ2n) is 10.3. The van der Waals surface area contributed by atoms with Crippen LogP contribution in [0.15, 0.2) is 29.7 Å². The Labute approximate surface area is 258 Å². The van der Waals surface area contributed by atoms with Crippen molar-refractivity contribution in [2.24, 2.45) is 0 Å². The molecule has 0 aliphatic carbocycles. The first-order valence-corrected chi connectivity index (χ1v) is 17.2. The Kier molecular flexibility index (Phi) is 7.53. The lowest BCUT2D eigenvalue weighted by Crippen LogP contribution is -2.42. The molecule has 7 rings (SSSR count). The summed E-state index contributed by atoms with van der Waals surface area (Å²) in [7, 11) is -5.46. The molecule has 4 aromatic heterocycles. The number of nitrogens with zero attached hydrogens (tertiary/aromatic N) is 6. The highest BCUT2D eigenvalue weighted by Crippen LogP contribution is 2.57. The van der Waals surface area contributed by atoms with Gasteiger partial charge >= 0.3 is 20.5 Å². The quantitative estimate of drug-likeness (QED) is 0.179. The summed E-state index contributed by atoms with van der Waals surface area (Å²) in [6, 6.07) is 1.47. The molecule has 19 nitrogen and oxygen atoms in total. The van der Waals surface area contributed by atoms with Gasteiger partial charge < -0.3 is 35.3 Å². The van der Waals surface area contributed by atoms with Crippen molar-refractivity contribution in [3.8, 4) is 0 Å². The number of phosphoric acid groups is 1. The number of halogens is 3. The van der Waals surface area contributed by atoms with Crippen LogP contribution >= 0.6 is 14.5 Å².